The number of amides is 1. The van der Waals surface area contributed by atoms with Crippen LogP contribution in [0.15, 0.2) is 58.8 Å². The molecule has 0 saturated heterocycles. The summed E-state index contributed by atoms with van der Waals surface area (Å²) in [7, 11) is 0. The largest absolute Gasteiger partial charge is 0.485 e. The zero-order chi connectivity index (χ0) is 21.5. The number of anilines is 1. The second-order valence-electron chi connectivity index (χ2n) is 6.55. The van der Waals surface area contributed by atoms with Crippen LogP contribution < -0.4 is 10.1 Å². The summed E-state index contributed by atoms with van der Waals surface area (Å²) in [6.07, 6.45) is 3.40. The maximum Gasteiger partial charge on any atom is 0.236 e. The van der Waals surface area contributed by atoms with E-state index >= 15 is 0 Å². The number of hydrogen-bond donors (Lipinski definition) is 1. The highest BCUT2D eigenvalue weighted by Gasteiger charge is 2.15. The van der Waals surface area contributed by atoms with Crippen molar-refractivity contribution in [2.45, 2.75) is 32.2 Å². The van der Waals surface area contributed by atoms with E-state index in [1.54, 1.807) is 18.3 Å². The molecule has 7 nitrogen and oxygen atoms in total. The van der Waals surface area contributed by atoms with E-state index < -0.39 is 0 Å². The number of halogens is 1. The summed E-state index contributed by atoms with van der Waals surface area (Å²) in [6.45, 7) is 8.63. The number of aryl methyl sites for hydroxylation is 2. The molecular formula is C21H22BrN5O2S. The first kappa shape index (κ1) is 22.0. The van der Waals surface area contributed by atoms with Gasteiger partial charge in [-0.3, -0.25) is 9.36 Å². The van der Waals surface area contributed by atoms with Crippen molar-refractivity contribution in [2.75, 3.05) is 11.1 Å². The molecule has 0 fully saturated rings. The van der Waals surface area contributed by atoms with Gasteiger partial charge in [-0.2, -0.15) is 0 Å². The molecule has 156 valence electrons. The number of carbonyl (C=O) groups excluding carboxylic acids is 1. The molecule has 0 unspecified atom stereocenters. The number of carbonyl (C=O) groups is 1. The van der Waals surface area contributed by atoms with Gasteiger partial charge in [0.1, 0.15) is 18.2 Å². The number of benzene rings is 1. The Morgan fingerprint density at radius 2 is 2.13 bits per heavy atom. The zero-order valence-electron chi connectivity index (χ0n) is 16.8. The summed E-state index contributed by atoms with van der Waals surface area (Å²) in [5.41, 5.74) is 2.19. The Morgan fingerprint density at radius 1 is 1.30 bits per heavy atom. The highest BCUT2D eigenvalue weighted by Crippen LogP contribution is 2.22. The van der Waals surface area contributed by atoms with Gasteiger partial charge in [-0.05, 0) is 59.1 Å². The van der Waals surface area contributed by atoms with E-state index in [1.807, 2.05) is 42.7 Å². The molecule has 0 aliphatic heterocycles. The molecule has 3 rings (SSSR count). The van der Waals surface area contributed by atoms with Gasteiger partial charge in [0.15, 0.2) is 11.0 Å². The van der Waals surface area contributed by atoms with Crippen LogP contribution in [0.25, 0.3) is 0 Å². The van der Waals surface area contributed by atoms with Gasteiger partial charge in [-0.15, -0.1) is 16.8 Å². The second kappa shape index (κ2) is 10.4. The lowest BCUT2D eigenvalue weighted by atomic mass is 10.1. The van der Waals surface area contributed by atoms with Gasteiger partial charge in [0.2, 0.25) is 5.91 Å². The fourth-order valence-electron chi connectivity index (χ4n) is 2.61. The lowest BCUT2D eigenvalue weighted by molar-refractivity contribution is -0.113. The van der Waals surface area contributed by atoms with Crippen molar-refractivity contribution < 1.29 is 9.53 Å². The van der Waals surface area contributed by atoms with Crippen molar-refractivity contribution in [3.63, 3.8) is 0 Å². The summed E-state index contributed by atoms with van der Waals surface area (Å²) in [6, 6.07) is 9.62. The summed E-state index contributed by atoms with van der Waals surface area (Å²) in [5.74, 6) is 2.01. The van der Waals surface area contributed by atoms with Gasteiger partial charge in [-0.1, -0.05) is 30.0 Å². The highest BCUT2D eigenvalue weighted by atomic mass is 79.9. The summed E-state index contributed by atoms with van der Waals surface area (Å²) in [4.78, 5) is 16.4. The van der Waals surface area contributed by atoms with Crippen molar-refractivity contribution >= 4 is 39.4 Å². The van der Waals surface area contributed by atoms with Gasteiger partial charge in [0.25, 0.3) is 0 Å². The normalized spacial score (nSPS) is 10.6. The quantitative estimate of drug-likeness (QED) is 0.352. The van der Waals surface area contributed by atoms with Crippen LogP contribution in [0.3, 0.4) is 0 Å². The first-order valence-electron chi connectivity index (χ1n) is 9.23. The van der Waals surface area contributed by atoms with E-state index in [0.29, 0.717) is 23.3 Å². The van der Waals surface area contributed by atoms with Crippen LogP contribution in [-0.4, -0.2) is 31.4 Å². The molecule has 3 aromatic rings. The third-order valence-electron chi connectivity index (χ3n) is 4.13. The number of ether oxygens (including phenoxy) is 1. The van der Waals surface area contributed by atoms with Crippen LogP contribution in [0.2, 0.25) is 0 Å². The SMILES string of the molecule is C=CCn1c(COc2cc(C)ccc2C)nnc1SCC(=O)Nc1ccc(Br)cn1. The molecule has 2 aromatic heterocycles. The third kappa shape index (κ3) is 5.93. The topological polar surface area (TPSA) is 81.9 Å². The Kier molecular flexibility index (Phi) is 7.64. The lowest BCUT2D eigenvalue weighted by Crippen LogP contribution is -2.15. The molecule has 1 aromatic carbocycles. The molecule has 0 aliphatic rings. The first-order chi connectivity index (χ1) is 14.5. The Labute approximate surface area is 188 Å². The summed E-state index contributed by atoms with van der Waals surface area (Å²) >= 11 is 4.62. The van der Waals surface area contributed by atoms with Crippen LogP contribution in [0.5, 0.6) is 5.75 Å². The molecule has 0 aliphatic carbocycles. The molecule has 0 saturated carbocycles. The van der Waals surface area contributed by atoms with Gasteiger partial charge in [0, 0.05) is 17.2 Å². The van der Waals surface area contributed by atoms with Gasteiger partial charge in [-0.25, -0.2) is 4.98 Å². The van der Waals surface area contributed by atoms with Crippen LogP contribution in [-0.2, 0) is 17.9 Å². The Bertz CT molecular complexity index is 1040. The summed E-state index contributed by atoms with van der Waals surface area (Å²) in [5, 5.41) is 11.9. The molecule has 30 heavy (non-hydrogen) atoms. The zero-order valence-corrected chi connectivity index (χ0v) is 19.2. The minimum absolute atomic E-state index is 0.170. The van der Waals surface area contributed by atoms with Crippen molar-refractivity contribution in [3.8, 4) is 5.75 Å². The second-order valence-corrected chi connectivity index (χ2v) is 8.41. The van der Waals surface area contributed by atoms with Crippen LogP contribution >= 0.6 is 27.7 Å². The van der Waals surface area contributed by atoms with Gasteiger partial charge >= 0.3 is 0 Å². The number of nitrogens with one attached hydrogen (secondary N) is 1. The molecule has 9 heteroatoms. The lowest BCUT2D eigenvalue weighted by Gasteiger charge is -2.11. The fourth-order valence-corrected chi connectivity index (χ4v) is 3.61. The van der Waals surface area contributed by atoms with Crippen molar-refractivity contribution in [1.29, 1.82) is 0 Å². The van der Waals surface area contributed by atoms with Crippen LogP contribution in [0, 0.1) is 13.8 Å². The number of aromatic nitrogens is 4. The molecule has 1 amide bonds. The number of nitrogens with zero attached hydrogens (tertiary/aromatic N) is 4. The number of allylic oxidation sites excluding steroid dienone is 1. The van der Waals surface area contributed by atoms with Gasteiger partial charge < -0.3 is 10.1 Å². The van der Waals surface area contributed by atoms with Crippen molar-refractivity contribution in [2.24, 2.45) is 0 Å². The number of pyridine rings is 1. The highest BCUT2D eigenvalue weighted by molar-refractivity contribution is 9.10. The first-order valence-corrected chi connectivity index (χ1v) is 11.0. The average Bonchev–Trinajstić information content (AvgIpc) is 3.11. The maximum absolute atomic E-state index is 12.2. The smallest absolute Gasteiger partial charge is 0.236 e. The van der Waals surface area contributed by atoms with Crippen molar-refractivity contribution in [1.82, 2.24) is 19.7 Å². The van der Waals surface area contributed by atoms with Crippen LogP contribution in [0.1, 0.15) is 17.0 Å². The van der Waals surface area contributed by atoms with E-state index in [0.717, 1.165) is 21.3 Å². The van der Waals surface area contributed by atoms with E-state index in [4.69, 9.17) is 4.74 Å². The van der Waals surface area contributed by atoms with E-state index in [9.17, 15) is 4.79 Å². The predicted octanol–water partition coefficient (Wildman–Crippen LogP) is 4.55. The Hall–Kier alpha value is -2.65. The monoisotopic (exact) mass is 487 g/mol. The standard InChI is InChI=1S/C21H22BrN5O2S/c1-4-9-27-19(12-29-17-10-14(2)5-6-15(17)3)25-26-21(27)30-13-20(28)24-18-8-7-16(22)11-23-18/h4-8,10-11H,1,9,12-13H2,2-3H3,(H,23,24,28). The summed E-state index contributed by atoms with van der Waals surface area (Å²) < 4.78 is 8.71. The molecule has 0 atom stereocenters. The minimum atomic E-state index is -0.170. The van der Waals surface area contributed by atoms with Gasteiger partial charge in [0.05, 0.1) is 5.75 Å². The van der Waals surface area contributed by atoms with E-state index in [1.165, 1.54) is 11.8 Å². The van der Waals surface area contributed by atoms with Crippen LogP contribution in [0.4, 0.5) is 5.82 Å². The molecular weight excluding hydrogens is 466 g/mol. The maximum atomic E-state index is 12.2. The molecule has 2 heterocycles. The molecule has 0 bridgehead atoms. The molecule has 0 radical (unpaired) electrons. The Morgan fingerprint density at radius 3 is 2.87 bits per heavy atom. The Balaban J connectivity index is 1.63. The fraction of sp³-hybridized carbons (Fsp3) is 0.238. The minimum Gasteiger partial charge on any atom is -0.485 e. The van der Waals surface area contributed by atoms with E-state index in [-0.39, 0.29) is 18.3 Å². The number of thioether (sulfide) groups is 1. The number of hydrogen-bond acceptors (Lipinski definition) is 6. The van der Waals surface area contributed by atoms with Crippen molar-refractivity contribution in [3.05, 3.63) is 70.6 Å². The average molecular weight is 488 g/mol. The number of rotatable bonds is 9. The van der Waals surface area contributed by atoms with E-state index in [2.05, 4.69) is 43.0 Å². The molecule has 1 N–H and O–H groups in total. The third-order valence-corrected chi connectivity index (χ3v) is 5.57. The molecule has 0 spiro atoms. The predicted molar refractivity (Wildman–Crippen MR) is 122 cm³/mol.